The number of hydrogen-bond acceptors (Lipinski definition) is 3. The van der Waals surface area contributed by atoms with E-state index in [0.717, 1.165) is 0 Å². The lowest BCUT2D eigenvalue weighted by Gasteiger charge is -2.43. The lowest BCUT2D eigenvalue weighted by atomic mass is 9.36. The molecule has 0 fully saturated rings. The van der Waals surface area contributed by atoms with Crippen LogP contribution in [-0.4, -0.2) is 6.71 Å². The Hall–Kier alpha value is -4.28. The molecule has 0 atom stereocenters. The van der Waals surface area contributed by atoms with Crippen LogP contribution in [0.5, 0.6) is 0 Å². The Morgan fingerprint density at radius 3 is 1.89 bits per heavy atom. The van der Waals surface area contributed by atoms with Gasteiger partial charge in [-0.05, 0) is 113 Å². The van der Waals surface area contributed by atoms with Crippen LogP contribution in [0.2, 0.25) is 0 Å². The van der Waals surface area contributed by atoms with E-state index < -0.39 is 0 Å². The van der Waals surface area contributed by atoms with Crippen LogP contribution in [0, 0.1) is 6.92 Å². The SMILES string of the molecule is Cc1ccc2c(c1)N(c1ccccc1)c1cccc3c1B2c1sc2cc4c(cc2c1N3c1ccccc1)C(C)(C)CCC4(C)C. The van der Waals surface area contributed by atoms with E-state index in [1.165, 1.54) is 89.4 Å². The molecule has 0 amide bonds. The van der Waals surface area contributed by atoms with Gasteiger partial charge in [-0.3, -0.25) is 0 Å². The summed E-state index contributed by atoms with van der Waals surface area (Å²) >= 11 is 2.02. The van der Waals surface area contributed by atoms with Crippen molar-refractivity contribution in [2.24, 2.45) is 0 Å². The Morgan fingerprint density at radius 2 is 1.22 bits per heavy atom. The molecule has 3 aliphatic rings. The molecular weight excluding hydrogens is 563 g/mol. The second kappa shape index (κ2) is 9.37. The third-order valence-electron chi connectivity index (χ3n) is 10.7. The zero-order chi connectivity index (χ0) is 30.7. The molecule has 4 heteroatoms. The molecule has 2 aliphatic heterocycles. The monoisotopic (exact) mass is 600 g/mol. The lowest BCUT2D eigenvalue weighted by molar-refractivity contribution is 0.332. The van der Waals surface area contributed by atoms with Gasteiger partial charge < -0.3 is 9.80 Å². The number of nitrogens with zero attached hydrogens (tertiary/aromatic N) is 2. The van der Waals surface area contributed by atoms with E-state index in [2.05, 4.69) is 154 Å². The van der Waals surface area contributed by atoms with E-state index in [1.807, 2.05) is 11.3 Å². The van der Waals surface area contributed by atoms with Gasteiger partial charge in [-0.25, -0.2) is 0 Å². The van der Waals surface area contributed by atoms with Crippen molar-refractivity contribution in [3.63, 3.8) is 0 Å². The zero-order valence-electron chi connectivity index (χ0n) is 26.7. The summed E-state index contributed by atoms with van der Waals surface area (Å²) in [5.41, 5.74) is 15.0. The van der Waals surface area contributed by atoms with Crippen molar-refractivity contribution in [3.8, 4) is 0 Å². The predicted molar refractivity (Wildman–Crippen MR) is 196 cm³/mol. The molecule has 0 saturated heterocycles. The van der Waals surface area contributed by atoms with Crippen molar-refractivity contribution < 1.29 is 0 Å². The molecule has 0 N–H and O–H groups in total. The summed E-state index contributed by atoms with van der Waals surface area (Å²) in [7, 11) is 0. The van der Waals surface area contributed by atoms with E-state index in [1.54, 1.807) is 0 Å². The first-order valence-electron chi connectivity index (χ1n) is 16.3. The lowest BCUT2D eigenvalue weighted by Crippen LogP contribution is -2.60. The maximum Gasteiger partial charge on any atom is 0.264 e. The van der Waals surface area contributed by atoms with E-state index in [0.29, 0.717) is 0 Å². The largest absolute Gasteiger partial charge is 0.311 e. The molecule has 220 valence electrons. The minimum Gasteiger partial charge on any atom is -0.311 e. The molecule has 0 bridgehead atoms. The third kappa shape index (κ3) is 3.82. The van der Waals surface area contributed by atoms with E-state index in [4.69, 9.17) is 0 Å². The number of aryl methyl sites for hydroxylation is 1. The van der Waals surface area contributed by atoms with E-state index in [-0.39, 0.29) is 17.5 Å². The smallest absolute Gasteiger partial charge is 0.264 e. The molecule has 9 rings (SSSR count). The molecule has 3 heterocycles. The maximum atomic E-state index is 2.58. The van der Waals surface area contributed by atoms with Crippen molar-refractivity contribution in [3.05, 3.63) is 126 Å². The number of rotatable bonds is 2. The zero-order valence-corrected chi connectivity index (χ0v) is 27.5. The molecule has 0 radical (unpaired) electrons. The summed E-state index contributed by atoms with van der Waals surface area (Å²) in [4.78, 5) is 5.06. The Balaban J connectivity index is 1.41. The van der Waals surface area contributed by atoms with Gasteiger partial charge in [-0.1, -0.05) is 82.3 Å². The van der Waals surface area contributed by atoms with Crippen LogP contribution in [0.3, 0.4) is 0 Å². The fraction of sp³-hybridized carbons (Fsp3) is 0.220. The number of fused-ring (bicyclic) bond motifs is 7. The first kappa shape index (κ1) is 27.1. The van der Waals surface area contributed by atoms with Crippen molar-refractivity contribution in [2.45, 2.75) is 58.3 Å². The van der Waals surface area contributed by atoms with Crippen molar-refractivity contribution >= 4 is 78.0 Å². The average molecular weight is 601 g/mol. The van der Waals surface area contributed by atoms with Gasteiger partial charge in [0.15, 0.2) is 0 Å². The van der Waals surface area contributed by atoms with Gasteiger partial charge >= 0.3 is 0 Å². The minimum atomic E-state index is 0.149. The number of hydrogen-bond donors (Lipinski definition) is 0. The van der Waals surface area contributed by atoms with Gasteiger partial charge in [-0.15, -0.1) is 11.3 Å². The Bertz CT molecular complexity index is 2140. The first-order valence-corrected chi connectivity index (χ1v) is 17.1. The molecule has 45 heavy (non-hydrogen) atoms. The molecule has 2 nitrogen and oxygen atoms in total. The van der Waals surface area contributed by atoms with Crippen molar-refractivity contribution in [2.75, 3.05) is 9.80 Å². The Labute approximate surface area is 271 Å². The van der Waals surface area contributed by atoms with E-state index >= 15 is 0 Å². The van der Waals surface area contributed by atoms with Crippen LogP contribution in [0.4, 0.5) is 34.1 Å². The molecular formula is C41H37BN2S. The van der Waals surface area contributed by atoms with Gasteiger partial charge in [0, 0.05) is 43.3 Å². The fourth-order valence-electron chi connectivity index (χ4n) is 8.29. The standard InChI is InChI=1S/C41H37BN2S/c1-26-19-20-32-35(23-26)43(27-13-8-6-9-14-27)33-17-12-18-34-37(33)42(32)39-38(44(34)28-15-10-7-11-16-28)29-24-30-31(25-36(29)45-39)41(4,5)22-21-40(30,2)3/h6-20,23-25H,21-22H2,1-5H3. The molecule has 1 aliphatic carbocycles. The number of benzene rings is 5. The number of thiophene rings is 1. The quantitative estimate of drug-likeness (QED) is 0.182. The highest BCUT2D eigenvalue weighted by Crippen LogP contribution is 2.52. The summed E-state index contributed by atoms with van der Waals surface area (Å²) in [6.07, 6.45) is 2.43. The van der Waals surface area contributed by atoms with Crippen LogP contribution in [0.15, 0.2) is 109 Å². The molecule has 6 aromatic rings. The average Bonchev–Trinajstić information content (AvgIpc) is 3.42. The van der Waals surface area contributed by atoms with Gasteiger partial charge in [0.05, 0.1) is 5.69 Å². The topological polar surface area (TPSA) is 6.48 Å². The summed E-state index contributed by atoms with van der Waals surface area (Å²) in [6, 6.07) is 41.1. The Kier molecular flexibility index (Phi) is 5.64. The summed E-state index contributed by atoms with van der Waals surface area (Å²) in [6.45, 7) is 12.2. The summed E-state index contributed by atoms with van der Waals surface area (Å²) < 4.78 is 2.85. The second-order valence-corrected chi connectivity index (χ2v) is 15.6. The van der Waals surface area contributed by atoms with Crippen LogP contribution >= 0.6 is 11.3 Å². The number of para-hydroxylation sites is 2. The summed E-state index contributed by atoms with van der Waals surface area (Å²) in [5.74, 6) is 0. The first-order chi connectivity index (χ1) is 21.7. The molecule has 0 unspecified atom stereocenters. The number of anilines is 6. The van der Waals surface area contributed by atoms with Crippen LogP contribution < -0.4 is 25.5 Å². The second-order valence-electron chi connectivity index (χ2n) is 14.5. The van der Waals surface area contributed by atoms with Crippen molar-refractivity contribution in [1.29, 1.82) is 0 Å². The minimum absolute atomic E-state index is 0.149. The highest BCUT2D eigenvalue weighted by atomic mass is 32.1. The highest BCUT2D eigenvalue weighted by Gasteiger charge is 2.46. The van der Waals surface area contributed by atoms with Gasteiger partial charge in [0.2, 0.25) is 0 Å². The molecule has 1 aromatic heterocycles. The van der Waals surface area contributed by atoms with Crippen LogP contribution in [0.1, 0.15) is 57.2 Å². The third-order valence-corrected chi connectivity index (χ3v) is 12.0. The molecule has 5 aromatic carbocycles. The van der Waals surface area contributed by atoms with Crippen LogP contribution in [-0.2, 0) is 10.8 Å². The fourth-order valence-corrected chi connectivity index (χ4v) is 9.63. The maximum absolute atomic E-state index is 2.58. The Morgan fingerprint density at radius 1 is 0.622 bits per heavy atom. The normalized spacial score (nSPS) is 17.0. The van der Waals surface area contributed by atoms with E-state index in [9.17, 15) is 0 Å². The predicted octanol–water partition coefficient (Wildman–Crippen LogP) is 9.64. The molecule has 0 saturated carbocycles. The van der Waals surface area contributed by atoms with Gasteiger partial charge in [0.25, 0.3) is 6.71 Å². The van der Waals surface area contributed by atoms with Crippen molar-refractivity contribution in [1.82, 2.24) is 0 Å². The van der Waals surface area contributed by atoms with Crippen LogP contribution in [0.25, 0.3) is 10.1 Å². The summed E-state index contributed by atoms with van der Waals surface area (Å²) in [5, 5.41) is 1.39. The highest BCUT2D eigenvalue weighted by molar-refractivity contribution is 7.33. The van der Waals surface area contributed by atoms with Gasteiger partial charge in [-0.2, -0.15) is 0 Å². The van der Waals surface area contributed by atoms with Gasteiger partial charge in [0.1, 0.15) is 0 Å². The molecule has 0 spiro atoms.